The number of benzene rings is 1. The van der Waals surface area contributed by atoms with Crippen molar-refractivity contribution in [2.45, 2.75) is 45.9 Å². The summed E-state index contributed by atoms with van der Waals surface area (Å²) in [5, 5.41) is 3.59. The molecule has 1 fully saturated rings. The van der Waals surface area contributed by atoms with Crippen molar-refractivity contribution in [3.63, 3.8) is 0 Å². The smallest absolute Gasteiger partial charge is 0.387 e. The van der Waals surface area contributed by atoms with Crippen LogP contribution in [0.3, 0.4) is 0 Å². The molecular formula is C16H24F2N2O. The van der Waals surface area contributed by atoms with E-state index in [9.17, 15) is 8.78 Å². The zero-order valence-corrected chi connectivity index (χ0v) is 12.9. The third-order valence-corrected chi connectivity index (χ3v) is 4.12. The fourth-order valence-electron chi connectivity index (χ4n) is 2.77. The fourth-order valence-corrected chi connectivity index (χ4v) is 2.77. The Balaban J connectivity index is 2.12. The summed E-state index contributed by atoms with van der Waals surface area (Å²) in [6.07, 6.45) is 1.05. The highest BCUT2D eigenvalue weighted by molar-refractivity contribution is 5.50. The number of ether oxygens (including phenoxy) is 1. The summed E-state index contributed by atoms with van der Waals surface area (Å²) < 4.78 is 28.8. The van der Waals surface area contributed by atoms with E-state index in [0.29, 0.717) is 18.0 Å². The maximum Gasteiger partial charge on any atom is 0.387 e. The molecule has 5 heteroatoms. The molecule has 1 N–H and O–H groups in total. The molecule has 0 aromatic heterocycles. The summed E-state index contributed by atoms with van der Waals surface area (Å²) >= 11 is 0. The molecule has 0 aliphatic carbocycles. The Bertz CT molecular complexity index is 436. The Hall–Kier alpha value is -1.36. The van der Waals surface area contributed by atoms with Crippen LogP contribution in [0.25, 0.3) is 0 Å². The molecule has 1 aromatic carbocycles. The third kappa shape index (κ3) is 4.06. The average Bonchev–Trinajstić information content (AvgIpc) is 2.46. The molecule has 1 aromatic rings. The van der Waals surface area contributed by atoms with E-state index in [0.717, 1.165) is 25.2 Å². The van der Waals surface area contributed by atoms with Gasteiger partial charge in [-0.1, -0.05) is 20.8 Å². The van der Waals surface area contributed by atoms with Crippen molar-refractivity contribution >= 4 is 5.69 Å². The van der Waals surface area contributed by atoms with E-state index in [2.05, 4.69) is 35.7 Å². The lowest BCUT2D eigenvalue weighted by Gasteiger charge is -2.43. The number of nitrogens with zero attached hydrogens (tertiary/aromatic N) is 1. The Morgan fingerprint density at radius 3 is 2.48 bits per heavy atom. The number of halogens is 2. The first kappa shape index (κ1) is 16.0. The lowest BCUT2D eigenvalue weighted by molar-refractivity contribution is -0.0498. The molecule has 0 bridgehead atoms. The van der Waals surface area contributed by atoms with Gasteiger partial charge in [0.1, 0.15) is 5.75 Å². The van der Waals surface area contributed by atoms with E-state index in [4.69, 9.17) is 0 Å². The van der Waals surface area contributed by atoms with Gasteiger partial charge in [-0.05, 0) is 36.6 Å². The number of alkyl halides is 2. The summed E-state index contributed by atoms with van der Waals surface area (Å²) in [6.45, 7) is 5.70. The van der Waals surface area contributed by atoms with Gasteiger partial charge in [0.2, 0.25) is 0 Å². The van der Waals surface area contributed by atoms with Gasteiger partial charge in [0.15, 0.2) is 0 Å². The van der Waals surface area contributed by atoms with E-state index >= 15 is 0 Å². The lowest BCUT2D eigenvalue weighted by atomic mass is 9.98. The molecule has 1 aliphatic rings. The zero-order valence-electron chi connectivity index (χ0n) is 12.9. The van der Waals surface area contributed by atoms with Crippen molar-refractivity contribution in [2.24, 2.45) is 5.92 Å². The number of nitrogens with one attached hydrogen (secondary N) is 1. The van der Waals surface area contributed by atoms with Crippen molar-refractivity contribution in [3.05, 3.63) is 24.3 Å². The van der Waals surface area contributed by atoms with Gasteiger partial charge in [0.25, 0.3) is 0 Å². The third-order valence-electron chi connectivity index (χ3n) is 4.12. The van der Waals surface area contributed by atoms with Crippen LogP contribution in [0.4, 0.5) is 14.5 Å². The van der Waals surface area contributed by atoms with Gasteiger partial charge in [0.05, 0.1) is 0 Å². The van der Waals surface area contributed by atoms with Crippen LogP contribution in [0, 0.1) is 5.92 Å². The van der Waals surface area contributed by atoms with Crippen molar-refractivity contribution in [1.82, 2.24) is 5.32 Å². The second kappa shape index (κ2) is 7.07. The van der Waals surface area contributed by atoms with Crippen LogP contribution in [-0.2, 0) is 0 Å². The molecule has 2 unspecified atom stereocenters. The Morgan fingerprint density at radius 1 is 1.29 bits per heavy atom. The normalized spacial score (nSPS) is 22.9. The summed E-state index contributed by atoms with van der Waals surface area (Å²) in [4.78, 5) is 2.37. The van der Waals surface area contributed by atoms with Crippen LogP contribution in [0.1, 0.15) is 27.2 Å². The van der Waals surface area contributed by atoms with E-state index in [1.165, 1.54) is 0 Å². The van der Waals surface area contributed by atoms with E-state index in [1.807, 2.05) is 12.1 Å². The lowest BCUT2D eigenvalue weighted by Crippen LogP contribution is -2.58. The molecule has 2 atom stereocenters. The number of hydrogen-bond donors (Lipinski definition) is 1. The van der Waals surface area contributed by atoms with Crippen molar-refractivity contribution in [3.8, 4) is 5.75 Å². The predicted octanol–water partition coefficient (Wildman–Crippen LogP) is 3.50. The summed E-state index contributed by atoms with van der Waals surface area (Å²) in [5.74, 6) is 0.768. The van der Waals surface area contributed by atoms with Crippen LogP contribution < -0.4 is 15.0 Å². The molecule has 0 radical (unpaired) electrons. The van der Waals surface area contributed by atoms with Crippen molar-refractivity contribution in [1.29, 1.82) is 0 Å². The maximum atomic E-state index is 12.2. The number of anilines is 1. The molecule has 0 amide bonds. The predicted molar refractivity (Wildman–Crippen MR) is 81.1 cm³/mol. The molecule has 1 heterocycles. The quantitative estimate of drug-likeness (QED) is 0.900. The minimum atomic E-state index is -2.77. The monoisotopic (exact) mass is 298 g/mol. The minimum Gasteiger partial charge on any atom is -0.435 e. The van der Waals surface area contributed by atoms with Gasteiger partial charge in [0, 0.05) is 30.9 Å². The average molecular weight is 298 g/mol. The van der Waals surface area contributed by atoms with Gasteiger partial charge >= 0.3 is 6.61 Å². The number of piperazine rings is 1. The highest BCUT2D eigenvalue weighted by Gasteiger charge is 2.28. The maximum absolute atomic E-state index is 12.2. The van der Waals surface area contributed by atoms with Crippen molar-refractivity contribution < 1.29 is 13.5 Å². The fraction of sp³-hybridized carbons (Fsp3) is 0.625. The standard InChI is InChI=1S/C16H24F2N2O/c1-4-12-9-19-15(11(2)3)10-20(12)13-5-7-14(8-6-13)21-16(17)18/h5-8,11-12,15-16,19H,4,9-10H2,1-3H3. The summed E-state index contributed by atoms with van der Waals surface area (Å²) in [7, 11) is 0. The summed E-state index contributed by atoms with van der Waals surface area (Å²) in [6, 6.07) is 7.83. The highest BCUT2D eigenvalue weighted by atomic mass is 19.3. The first-order valence-electron chi connectivity index (χ1n) is 7.56. The number of hydrogen-bond acceptors (Lipinski definition) is 3. The molecule has 0 saturated carbocycles. The van der Waals surface area contributed by atoms with Crippen LogP contribution >= 0.6 is 0 Å². The number of rotatable bonds is 5. The highest BCUT2D eigenvalue weighted by Crippen LogP contribution is 2.26. The molecule has 1 aliphatic heterocycles. The van der Waals surface area contributed by atoms with Crippen LogP contribution in [0.2, 0.25) is 0 Å². The van der Waals surface area contributed by atoms with Crippen molar-refractivity contribution in [2.75, 3.05) is 18.0 Å². The van der Waals surface area contributed by atoms with E-state index < -0.39 is 6.61 Å². The van der Waals surface area contributed by atoms with Gasteiger partial charge in [-0.15, -0.1) is 0 Å². The van der Waals surface area contributed by atoms with Gasteiger partial charge in [-0.3, -0.25) is 0 Å². The molecular weight excluding hydrogens is 274 g/mol. The molecule has 3 nitrogen and oxygen atoms in total. The van der Waals surface area contributed by atoms with E-state index in [-0.39, 0.29) is 5.75 Å². The molecule has 1 saturated heterocycles. The Kier molecular flexibility index (Phi) is 5.39. The molecule has 2 rings (SSSR count). The Labute approximate surface area is 125 Å². The molecule has 0 spiro atoms. The molecule has 21 heavy (non-hydrogen) atoms. The van der Waals surface area contributed by atoms with Gasteiger partial charge in [-0.25, -0.2) is 0 Å². The van der Waals surface area contributed by atoms with Gasteiger partial charge in [-0.2, -0.15) is 8.78 Å². The van der Waals surface area contributed by atoms with Crippen LogP contribution in [-0.4, -0.2) is 31.8 Å². The minimum absolute atomic E-state index is 0.206. The largest absolute Gasteiger partial charge is 0.435 e. The van der Waals surface area contributed by atoms with Crippen LogP contribution in [0.5, 0.6) is 5.75 Å². The Morgan fingerprint density at radius 2 is 1.95 bits per heavy atom. The first-order valence-corrected chi connectivity index (χ1v) is 7.56. The molecule has 118 valence electrons. The van der Waals surface area contributed by atoms with E-state index in [1.54, 1.807) is 12.1 Å². The SMILES string of the molecule is CCC1CNC(C(C)C)CN1c1ccc(OC(F)F)cc1. The summed E-state index contributed by atoms with van der Waals surface area (Å²) in [5.41, 5.74) is 1.07. The second-order valence-corrected chi connectivity index (χ2v) is 5.85. The van der Waals surface area contributed by atoms with Crippen LogP contribution in [0.15, 0.2) is 24.3 Å². The zero-order chi connectivity index (χ0) is 15.4. The van der Waals surface area contributed by atoms with Gasteiger partial charge < -0.3 is 15.0 Å². The second-order valence-electron chi connectivity index (χ2n) is 5.85. The first-order chi connectivity index (χ1) is 10.0. The topological polar surface area (TPSA) is 24.5 Å².